The van der Waals surface area contributed by atoms with Crippen molar-refractivity contribution in [3.63, 3.8) is 0 Å². The first-order valence-electron chi connectivity index (χ1n) is 5.28. The van der Waals surface area contributed by atoms with Gasteiger partial charge in [0.05, 0.1) is 0 Å². The predicted molar refractivity (Wildman–Crippen MR) is 65.9 cm³/mol. The summed E-state index contributed by atoms with van der Waals surface area (Å²) in [5.74, 6) is 6.22. The maximum absolute atomic E-state index is 5.68. The van der Waals surface area contributed by atoms with Crippen molar-refractivity contribution in [2.45, 2.75) is 32.7 Å². The summed E-state index contributed by atoms with van der Waals surface area (Å²) in [6, 6.07) is 6.66. The Hall–Kier alpha value is -0.570. The second-order valence-corrected chi connectivity index (χ2v) is 4.27. The van der Waals surface area contributed by atoms with Crippen LogP contribution in [0.1, 0.15) is 35.6 Å². The smallest absolute Gasteiger partial charge is 0.0460 e. The third-order valence-electron chi connectivity index (χ3n) is 2.76. The minimum Gasteiger partial charge on any atom is -0.271 e. The molecule has 0 spiro atoms. The lowest BCUT2D eigenvalue weighted by molar-refractivity contribution is 0.511. The van der Waals surface area contributed by atoms with Gasteiger partial charge in [0.25, 0.3) is 0 Å². The lowest BCUT2D eigenvalue weighted by Gasteiger charge is -2.16. The topological polar surface area (TPSA) is 38.0 Å². The summed E-state index contributed by atoms with van der Waals surface area (Å²) in [6.07, 6.45) is 1.95. The number of halogens is 1. The first-order chi connectivity index (χ1) is 7.19. The largest absolute Gasteiger partial charge is 0.271 e. The van der Waals surface area contributed by atoms with Crippen LogP contribution in [0.15, 0.2) is 18.2 Å². The minimum atomic E-state index is 0.211. The van der Waals surface area contributed by atoms with Crippen molar-refractivity contribution >= 4 is 11.6 Å². The van der Waals surface area contributed by atoms with Crippen molar-refractivity contribution in [2.75, 3.05) is 5.88 Å². The Balaban J connectivity index is 2.78. The average Bonchev–Trinajstić information content (AvgIpc) is 2.24. The summed E-state index contributed by atoms with van der Waals surface area (Å²) in [5.41, 5.74) is 6.70. The molecule has 0 radical (unpaired) electrons. The molecule has 0 aliphatic carbocycles. The number of hydrazine groups is 1. The molecule has 84 valence electrons. The molecule has 0 amide bonds. The number of nitrogens with two attached hydrogens (primary N) is 1. The van der Waals surface area contributed by atoms with E-state index in [4.69, 9.17) is 17.4 Å². The van der Waals surface area contributed by atoms with Crippen LogP contribution in [0.25, 0.3) is 0 Å². The standard InChI is InChI=1S/C12H19ClN2/c1-9-5-6-11(8-10(9)2)12(15-14)4-3-7-13/h5-6,8,12,15H,3-4,7,14H2,1-2H3. The summed E-state index contributed by atoms with van der Waals surface area (Å²) < 4.78 is 0. The molecule has 0 aliphatic heterocycles. The number of nitrogens with one attached hydrogen (secondary N) is 1. The fourth-order valence-electron chi connectivity index (χ4n) is 1.61. The highest BCUT2D eigenvalue weighted by molar-refractivity contribution is 6.17. The van der Waals surface area contributed by atoms with E-state index in [9.17, 15) is 0 Å². The molecule has 2 nitrogen and oxygen atoms in total. The zero-order valence-electron chi connectivity index (χ0n) is 9.39. The highest BCUT2D eigenvalue weighted by atomic mass is 35.5. The van der Waals surface area contributed by atoms with Crippen LogP contribution >= 0.6 is 11.6 Å². The van der Waals surface area contributed by atoms with Crippen LogP contribution in [0.3, 0.4) is 0 Å². The molecule has 1 aromatic carbocycles. The molecule has 0 bridgehead atoms. The summed E-state index contributed by atoms with van der Waals surface area (Å²) in [4.78, 5) is 0. The van der Waals surface area contributed by atoms with Crippen molar-refractivity contribution in [1.29, 1.82) is 0 Å². The Morgan fingerprint density at radius 1 is 1.33 bits per heavy atom. The van der Waals surface area contributed by atoms with E-state index in [0.717, 1.165) is 12.8 Å². The van der Waals surface area contributed by atoms with Crippen molar-refractivity contribution in [1.82, 2.24) is 5.43 Å². The molecule has 0 saturated heterocycles. The van der Waals surface area contributed by atoms with Crippen molar-refractivity contribution in [2.24, 2.45) is 5.84 Å². The van der Waals surface area contributed by atoms with Crippen LogP contribution in [0.4, 0.5) is 0 Å². The Morgan fingerprint density at radius 2 is 2.07 bits per heavy atom. The quantitative estimate of drug-likeness (QED) is 0.460. The Bertz CT molecular complexity index is 312. The van der Waals surface area contributed by atoms with E-state index in [2.05, 4.69) is 37.5 Å². The molecule has 0 aromatic heterocycles. The predicted octanol–water partition coefficient (Wildman–Crippen LogP) is 2.83. The fourth-order valence-corrected chi connectivity index (χ4v) is 1.76. The van der Waals surface area contributed by atoms with Gasteiger partial charge in [0.15, 0.2) is 0 Å². The Kier molecular flexibility index (Phi) is 5.09. The van der Waals surface area contributed by atoms with E-state index in [1.165, 1.54) is 16.7 Å². The van der Waals surface area contributed by atoms with Gasteiger partial charge >= 0.3 is 0 Å². The van der Waals surface area contributed by atoms with Crippen LogP contribution in [0, 0.1) is 13.8 Å². The molecule has 3 N–H and O–H groups in total. The molecular weight excluding hydrogens is 208 g/mol. The number of benzene rings is 1. The third kappa shape index (κ3) is 3.49. The summed E-state index contributed by atoms with van der Waals surface area (Å²) in [6.45, 7) is 4.23. The van der Waals surface area contributed by atoms with Gasteiger partial charge in [-0.1, -0.05) is 18.2 Å². The first-order valence-corrected chi connectivity index (χ1v) is 5.81. The van der Waals surface area contributed by atoms with E-state index in [0.29, 0.717) is 5.88 Å². The van der Waals surface area contributed by atoms with Gasteiger partial charge in [-0.25, -0.2) is 0 Å². The van der Waals surface area contributed by atoms with Gasteiger partial charge in [-0.3, -0.25) is 11.3 Å². The molecule has 15 heavy (non-hydrogen) atoms. The minimum absolute atomic E-state index is 0.211. The van der Waals surface area contributed by atoms with Gasteiger partial charge in [0, 0.05) is 11.9 Å². The van der Waals surface area contributed by atoms with E-state index in [1.54, 1.807) is 0 Å². The van der Waals surface area contributed by atoms with Crippen molar-refractivity contribution in [3.8, 4) is 0 Å². The van der Waals surface area contributed by atoms with Crippen LogP contribution in [-0.4, -0.2) is 5.88 Å². The molecule has 1 aromatic rings. The molecular formula is C12H19ClN2. The molecule has 3 heteroatoms. The van der Waals surface area contributed by atoms with Crippen LogP contribution in [-0.2, 0) is 0 Å². The van der Waals surface area contributed by atoms with E-state index < -0.39 is 0 Å². The lowest BCUT2D eigenvalue weighted by Crippen LogP contribution is -2.28. The SMILES string of the molecule is Cc1ccc(C(CCCCl)NN)cc1C. The Morgan fingerprint density at radius 3 is 2.60 bits per heavy atom. The van der Waals surface area contributed by atoms with Gasteiger partial charge < -0.3 is 0 Å². The van der Waals surface area contributed by atoms with Crippen LogP contribution < -0.4 is 11.3 Å². The van der Waals surface area contributed by atoms with E-state index in [1.807, 2.05) is 0 Å². The summed E-state index contributed by atoms with van der Waals surface area (Å²) in [5, 5.41) is 0. The molecule has 0 aliphatic rings. The van der Waals surface area contributed by atoms with Gasteiger partial charge in [0.1, 0.15) is 0 Å². The zero-order chi connectivity index (χ0) is 11.3. The maximum Gasteiger partial charge on any atom is 0.0460 e. The van der Waals surface area contributed by atoms with E-state index >= 15 is 0 Å². The van der Waals surface area contributed by atoms with Gasteiger partial charge in [0.2, 0.25) is 0 Å². The molecule has 0 heterocycles. The monoisotopic (exact) mass is 226 g/mol. The molecule has 1 atom stereocenters. The average molecular weight is 227 g/mol. The maximum atomic E-state index is 5.68. The second kappa shape index (κ2) is 6.11. The van der Waals surface area contributed by atoms with Gasteiger partial charge in [-0.15, -0.1) is 11.6 Å². The summed E-state index contributed by atoms with van der Waals surface area (Å²) in [7, 11) is 0. The fraction of sp³-hybridized carbons (Fsp3) is 0.500. The van der Waals surface area contributed by atoms with Gasteiger partial charge in [-0.2, -0.15) is 0 Å². The van der Waals surface area contributed by atoms with Crippen molar-refractivity contribution in [3.05, 3.63) is 34.9 Å². The zero-order valence-corrected chi connectivity index (χ0v) is 10.1. The van der Waals surface area contributed by atoms with E-state index in [-0.39, 0.29) is 6.04 Å². The van der Waals surface area contributed by atoms with Crippen LogP contribution in [0.5, 0.6) is 0 Å². The van der Waals surface area contributed by atoms with Gasteiger partial charge in [-0.05, 0) is 43.4 Å². The Labute approximate surface area is 96.8 Å². The molecule has 1 unspecified atom stereocenters. The molecule has 0 saturated carbocycles. The number of hydrogen-bond acceptors (Lipinski definition) is 2. The number of hydrogen-bond donors (Lipinski definition) is 2. The lowest BCUT2D eigenvalue weighted by atomic mass is 9.99. The second-order valence-electron chi connectivity index (χ2n) is 3.89. The normalized spacial score (nSPS) is 12.8. The van der Waals surface area contributed by atoms with Crippen LogP contribution in [0.2, 0.25) is 0 Å². The highest BCUT2D eigenvalue weighted by Crippen LogP contribution is 2.20. The number of alkyl halides is 1. The van der Waals surface area contributed by atoms with Crippen molar-refractivity contribution < 1.29 is 0 Å². The highest BCUT2D eigenvalue weighted by Gasteiger charge is 2.09. The molecule has 0 fully saturated rings. The number of aryl methyl sites for hydroxylation is 2. The number of rotatable bonds is 5. The summed E-state index contributed by atoms with van der Waals surface area (Å²) >= 11 is 5.68. The first kappa shape index (κ1) is 12.5. The molecule has 1 rings (SSSR count). The third-order valence-corrected chi connectivity index (χ3v) is 3.03.